The van der Waals surface area contributed by atoms with Crippen LogP contribution in [0.1, 0.15) is 41.6 Å². The highest BCUT2D eigenvalue weighted by Crippen LogP contribution is 2.29. The van der Waals surface area contributed by atoms with Crippen molar-refractivity contribution in [3.63, 3.8) is 0 Å². The largest absolute Gasteiger partial charge is 0.334 e. The SMILES string of the molecule is Cc1ccc(C(=O)NC2(C#N)CCCC2)cc1S(=O)(=O)Nc1ccc(F)cc1. The number of hydrogen-bond acceptors (Lipinski definition) is 4. The topological polar surface area (TPSA) is 99.1 Å². The number of carbonyl (C=O) groups is 1. The molecule has 6 nitrogen and oxygen atoms in total. The summed E-state index contributed by atoms with van der Waals surface area (Å²) >= 11 is 0. The van der Waals surface area contributed by atoms with E-state index >= 15 is 0 Å². The number of carbonyl (C=O) groups excluding carboxylic acids is 1. The number of sulfonamides is 1. The van der Waals surface area contributed by atoms with E-state index < -0.39 is 27.3 Å². The normalized spacial score (nSPS) is 15.6. The molecule has 146 valence electrons. The third kappa shape index (κ3) is 4.15. The van der Waals surface area contributed by atoms with Crippen molar-refractivity contribution in [3.05, 3.63) is 59.4 Å². The molecule has 0 unspecified atom stereocenters. The van der Waals surface area contributed by atoms with Crippen LogP contribution in [-0.2, 0) is 10.0 Å². The number of benzene rings is 2. The van der Waals surface area contributed by atoms with E-state index in [1.54, 1.807) is 13.0 Å². The van der Waals surface area contributed by atoms with Crippen LogP contribution in [-0.4, -0.2) is 19.9 Å². The number of anilines is 1. The van der Waals surface area contributed by atoms with Crippen molar-refractivity contribution in [2.75, 3.05) is 4.72 Å². The van der Waals surface area contributed by atoms with Crippen LogP contribution in [0.4, 0.5) is 10.1 Å². The molecule has 2 N–H and O–H groups in total. The fraction of sp³-hybridized carbons (Fsp3) is 0.300. The lowest BCUT2D eigenvalue weighted by Crippen LogP contribution is -2.45. The van der Waals surface area contributed by atoms with Crippen LogP contribution in [0.3, 0.4) is 0 Å². The van der Waals surface area contributed by atoms with Crippen molar-refractivity contribution in [1.29, 1.82) is 5.26 Å². The third-order valence-electron chi connectivity index (χ3n) is 4.86. The minimum absolute atomic E-state index is 0.0538. The fourth-order valence-electron chi connectivity index (χ4n) is 3.29. The molecule has 3 rings (SSSR count). The second-order valence-electron chi connectivity index (χ2n) is 6.95. The molecule has 0 spiro atoms. The summed E-state index contributed by atoms with van der Waals surface area (Å²) in [6.07, 6.45) is 2.89. The summed E-state index contributed by atoms with van der Waals surface area (Å²) in [5.41, 5.74) is -0.0634. The van der Waals surface area contributed by atoms with Crippen molar-refractivity contribution in [2.45, 2.75) is 43.0 Å². The van der Waals surface area contributed by atoms with E-state index in [1.165, 1.54) is 24.3 Å². The zero-order chi connectivity index (χ0) is 20.4. The van der Waals surface area contributed by atoms with Crippen LogP contribution >= 0.6 is 0 Å². The highest BCUT2D eigenvalue weighted by atomic mass is 32.2. The standard InChI is InChI=1S/C20H20FN3O3S/c1-14-4-5-15(19(25)23-20(13-22)10-2-3-11-20)12-18(14)28(26,27)24-17-8-6-16(21)7-9-17/h4-9,12,24H,2-3,10-11H2,1H3,(H,23,25). The molecule has 0 saturated heterocycles. The van der Waals surface area contributed by atoms with Gasteiger partial charge in [-0.05, 0) is 74.6 Å². The van der Waals surface area contributed by atoms with E-state index in [-0.39, 0.29) is 16.1 Å². The van der Waals surface area contributed by atoms with Gasteiger partial charge in [-0.1, -0.05) is 6.07 Å². The lowest BCUT2D eigenvalue weighted by atomic mass is 9.99. The van der Waals surface area contributed by atoms with Crippen LogP contribution in [0, 0.1) is 24.1 Å². The summed E-state index contributed by atoms with van der Waals surface area (Å²) in [7, 11) is -3.98. The Bertz CT molecular complexity index is 1040. The average Bonchev–Trinajstić information content (AvgIpc) is 3.12. The van der Waals surface area contributed by atoms with E-state index in [2.05, 4.69) is 16.1 Å². The molecule has 1 aliphatic rings. The Morgan fingerprint density at radius 2 is 1.79 bits per heavy atom. The Labute approximate surface area is 163 Å². The first kappa shape index (κ1) is 19.8. The summed E-state index contributed by atoms with van der Waals surface area (Å²) in [6, 6.07) is 11.5. The molecule has 1 aliphatic carbocycles. The first-order chi connectivity index (χ1) is 13.2. The molecule has 0 atom stereocenters. The smallest absolute Gasteiger partial charge is 0.262 e. The quantitative estimate of drug-likeness (QED) is 0.801. The number of amides is 1. The van der Waals surface area contributed by atoms with Crippen LogP contribution in [0.2, 0.25) is 0 Å². The van der Waals surface area contributed by atoms with Gasteiger partial charge in [-0.15, -0.1) is 0 Å². The molecular weight excluding hydrogens is 381 g/mol. The van der Waals surface area contributed by atoms with Gasteiger partial charge < -0.3 is 5.32 Å². The Balaban J connectivity index is 1.87. The maximum Gasteiger partial charge on any atom is 0.262 e. The lowest BCUT2D eigenvalue weighted by Gasteiger charge is -2.22. The van der Waals surface area contributed by atoms with E-state index in [0.29, 0.717) is 18.4 Å². The number of nitriles is 1. The predicted octanol–water partition coefficient (Wildman–Crippen LogP) is 3.50. The molecule has 2 aromatic rings. The van der Waals surface area contributed by atoms with E-state index in [0.717, 1.165) is 25.0 Å². The fourth-order valence-corrected chi connectivity index (χ4v) is 4.62. The zero-order valence-electron chi connectivity index (χ0n) is 15.3. The molecular formula is C20H20FN3O3S. The molecule has 0 bridgehead atoms. The van der Waals surface area contributed by atoms with Gasteiger partial charge in [-0.2, -0.15) is 5.26 Å². The second-order valence-corrected chi connectivity index (χ2v) is 8.60. The zero-order valence-corrected chi connectivity index (χ0v) is 16.1. The third-order valence-corrected chi connectivity index (χ3v) is 6.38. The number of hydrogen-bond donors (Lipinski definition) is 2. The summed E-state index contributed by atoms with van der Waals surface area (Å²) < 4.78 is 40.9. The number of nitrogens with zero attached hydrogens (tertiary/aromatic N) is 1. The molecule has 8 heteroatoms. The minimum Gasteiger partial charge on any atom is -0.334 e. The van der Waals surface area contributed by atoms with Crippen molar-refractivity contribution in [2.24, 2.45) is 0 Å². The van der Waals surface area contributed by atoms with Crippen molar-refractivity contribution in [1.82, 2.24) is 5.32 Å². The van der Waals surface area contributed by atoms with Gasteiger partial charge in [0, 0.05) is 11.3 Å². The van der Waals surface area contributed by atoms with E-state index in [9.17, 15) is 22.9 Å². The first-order valence-corrected chi connectivity index (χ1v) is 10.4. The maximum absolute atomic E-state index is 13.0. The molecule has 0 aromatic heterocycles. The number of halogens is 1. The number of nitrogens with one attached hydrogen (secondary N) is 2. The molecule has 1 amide bonds. The van der Waals surface area contributed by atoms with Gasteiger partial charge in [-0.25, -0.2) is 12.8 Å². The van der Waals surface area contributed by atoms with Crippen molar-refractivity contribution >= 4 is 21.6 Å². The van der Waals surface area contributed by atoms with Gasteiger partial charge in [-0.3, -0.25) is 9.52 Å². The Morgan fingerprint density at radius 1 is 1.14 bits per heavy atom. The lowest BCUT2D eigenvalue weighted by molar-refractivity contribution is 0.0920. The molecule has 28 heavy (non-hydrogen) atoms. The van der Waals surface area contributed by atoms with E-state index in [1.807, 2.05) is 0 Å². The van der Waals surface area contributed by atoms with E-state index in [4.69, 9.17) is 0 Å². The number of rotatable bonds is 5. The van der Waals surface area contributed by atoms with Gasteiger partial charge in [0.1, 0.15) is 11.4 Å². The van der Waals surface area contributed by atoms with Crippen LogP contribution < -0.4 is 10.0 Å². The highest BCUT2D eigenvalue weighted by molar-refractivity contribution is 7.92. The molecule has 1 fully saturated rings. The highest BCUT2D eigenvalue weighted by Gasteiger charge is 2.35. The average molecular weight is 401 g/mol. The van der Waals surface area contributed by atoms with Crippen LogP contribution in [0.15, 0.2) is 47.4 Å². The van der Waals surface area contributed by atoms with Crippen molar-refractivity contribution < 1.29 is 17.6 Å². The Hall–Kier alpha value is -2.92. The van der Waals surface area contributed by atoms with Gasteiger partial charge in [0.05, 0.1) is 11.0 Å². The molecule has 0 heterocycles. The second kappa shape index (κ2) is 7.60. The van der Waals surface area contributed by atoms with Crippen molar-refractivity contribution in [3.8, 4) is 6.07 Å². The molecule has 0 radical (unpaired) electrons. The van der Waals surface area contributed by atoms with Gasteiger partial charge in [0.15, 0.2) is 0 Å². The summed E-state index contributed by atoms with van der Waals surface area (Å²) in [5.74, 6) is -0.960. The maximum atomic E-state index is 13.0. The van der Waals surface area contributed by atoms with Gasteiger partial charge in [0.2, 0.25) is 0 Å². The Morgan fingerprint density at radius 3 is 2.39 bits per heavy atom. The molecule has 1 saturated carbocycles. The Kier molecular flexibility index (Phi) is 5.38. The summed E-state index contributed by atoms with van der Waals surface area (Å²) in [5, 5.41) is 12.2. The summed E-state index contributed by atoms with van der Waals surface area (Å²) in [4.78, 5) is 12.6. The van der Waals surface area contributed by atoms with Crippen LogP contribution in [0.5, 0.6) is 0 Å². The number of aryl methyl sites for hydroxylation is 1. The van der Waals surface area contributed by atoms with Gasteiger partial charge in [0.25, 0.3) is 15.9 Å². The van der Waals surface area contributed by atoms with Gasteiger partial charge >= 0.3 is 0 Å². The molecule has 0 aliphatic heterocycles. The first-order valence-electron chi connectivity index (χ1n) is 8.87. The summed E-state index contributed by atoms with van der Waals surface area (Å²) in [6.45, 7) is 1.62. The van der Waals surface area contributed by atoms with Crippen LogP contribution in [0.25, 0.3) is 0 Å². The molecule has 2 aromatic carbocycles. The monoisotopic (exact) mass is 401 g/mol. The predicted molar refractivity (Wildman–Crippen MR) is 103 cm³/mol. The minimum atomic E-state index is -3.98.